The lowest BCUT2D eigenvalue weighted by Crippen LogP contribution is -2.50. The van der Waals surface area contributed by atoms with E-state index in [4.69, 9.17) is 5.73 Å². The summed E-state index contributed by atoms with van der Waals surface area (Å²) in [6.07, 6.45) is 2.95. The van der Waals surface area contributed by atoms with E-state index in [9.17, 15) is 14.4 Å². The van der Waals surface area contributed by atoms with E-state index < -0.39 is 11.9 Å². The Bertz CT molecular complexity index is 579. The number of pyridine rings is 1. The minimum Gasteiger partial charge on any atom is -0.368 e. The third-order valence-electron chi connectivity index (χ3n) is 3.62. The van der Waals surface area contributed by atoms with Crippen molar-refractivity contribution in [2.24, 2.45) is 5.73 Å². The fraction of sp³-hybridized carbons (Fsp3) is 0.500. The van der Waals surface area contributed by atoms with Gasteiger partial charge in [-0.1, -0.05) is 6.92 Å². The van der Waals surface area contributed by atoms with E-state index >= 15 is 0 Å². The van der Waals surface area contributed by atoms with Crippen molar-refractivity contribution in [3.05, 3.63) is 33.7 Å². The van der Waals surface area contributed by atoms with Crippen molar-refractivity contribution in [2.75, 3.05) is 6.54 Å². The highest BCUT2D eigenvalue weighted by Gasteiger charge is 2.31. The first kappa shape index (κ1) is 14.3. The Morgan fingerprint density at radius 2 is 2.15 bits per heavy atom. The molecule has 1 aliphatic heterocycles. The molecule has 0 radical (unpaired) electrons. The normalized spacial score (nSPS) is 18.9. The number of hydrogen-bond donors (Lipinski definition) is 2. The average Bonchev–Trinajstić information content (AvgIpc) is 2.45. The van der Waals surface area contributed by atoms with Crippen LogP contribution in [0.2, 0.25) is 0 Å². The Morgan fingerprint density at radius 3 is 2.80 bits per heavy atom. The molecule has 1 aliphatic rings. The summed E-state index contributed by atoms with van der Waals surface area (Å²) in [5.41, 5.74) is 6.07. The molecule has 1 atom stereocenters. The molecule has 0 saturated carbocycles. The summed E-state index contributed by atoms with van der Waals surface area (Å²) in [6, 6.07) is 2.37. The smallest absolute Gasteiger partial charge is 0.254 e. The molecule has 2 rings (SSSR count). The molecule has 0 bridgehead atoms. The molecule has 6 nitrogen and oxygen atoms in total. The topological polar surface area (TPSA) is 96.3 Å². The van der Waals surface area contributed by atoms with Crippen LogP contribution in [0.4, 0.5) is 0 Å². The largest absolute Gasteiger partial charge is 0.368 e. The molecule has 108 valence electrons. The molecular formula is C14H19N3O3. The van der Waals surface area contributed by atoms with Gasteiger partial charge in [0.2, 0.25) is 11.5 Å². The second kappa shape index (κ2) is 5.90. The van der Waals surface area contributed by atoms with E-state index in [2.05, 4.69) is 4.98 Å². The van der Waals surface area contributed by atoms with E-state index in [1.54, 1.807) is 6.07 Å². The van der Waals surface area contributed by atoms with E-state index in [1.807, 2.05) is 6.92 Å². The van der Waals surface area contributed by atoms with Gasteiger partial charge in [0.15, 0.2) is 0 Å². The molecule has 1 aromatic rings. The van der Waals surface area contributed by atoms with Crippen molar-refractivity contribution < 1.29 is 9.59 Å². The van der Waals surface area contributed by atoms with Gasteiger partial charge in [-0.05, 0) is 31.7 Å². The molecule has 2 amide bonds. The number of nitrogens with two attached hydrogens (primary N) is 1. The molecular weight excluding hydrogens is 258 g/mol. The van der Waals surface area contributed by atoms with Crippen LogP contribution in [0, 0.1) is 0 Å². The number of nitrogens with one attached hydrogen (secondary N) is 1. The summed E-state index contributed by atoms with van der Waals surface area (Å²) in [5.74, 6) is -0.784. The molecule has 1 saturated heterocycles. The van der Waals surface area contributed by atoms with Crippen LogP contribution in [0.15, 0.2) is 16.9 Å². The number of aryl methyl sites for hydroxylation is 1. The number of rotatable bonds is 3. The van der Waals surface area contributed by atoms with E-state index in [0.717, 1.165) is 12.8 Å². The van der Waals surface area contributed by atoms with Gasteiger partial charge >= 0.3 is 0 Å². The van der Waals surface area contributed by atoms with Crippen LogP contribution in [0.1, 0.15) is 42.2 Å². The second-order valence-corrected chi connectivity index (χ2v) is 5.02. The van der Waals surface area contributed by atoms with Gasteiger partial charge in [0.25, 0.3) is 5.91 Å². The maximum Gasteiger partial charge on any atom is 0.254 e. The summed E-state index contributed by atoms with van der Waals surface area (Å²) in [5, 5.41) is 0. The highest BCUT2D eigenvalue weighted by atomic mass is 16.2. The number of hydrogen-bond acceptors (Lipinski definition) is 3. The first-order valence-corrected chi connectivity index (χ1v) is 6.86. The lowest BCUT2D eigenvalue weighted by Gasteiger charge is -2.33. The van der Waals surface area contributed by atoms with E-state index in [0.29, 0.717) is 30.6 Å². The number of piperidine rings is 1. The Labute approximate surface area is 117 Å². The molecule has 6 heteroatoms. The Morgan fingerprint density at radius 1 is 1.40 bits per heavy atom. The van der Waals surface area contributed by atoms with Crippen molar-refractivity contribution in [2.45, 2.75) is 38.6 Å². The molecule has 2 heterocycles. The molecule has 1 aromatic heterocycles. The fourth-order valence-corrected chi connectivity index (χ4v) is 2.55. The van der Waals surface area contributed by atoms with Crippen LogP contribution >= 0.6 is 0 Å². The van der Waals surface area contributed by atoms with E-state index in [-0.39, 0.29) is 11.5 Å². The van der Waals surface area contributed by atoms with Gasteiger partial charge in [-0.2, -0.15) is 0 Å². The number of carbonyl (C=O) groups is 2. The molecule has 3 N–H and O–H groups in total. The highest BCUT2D eigenvalue weighted by molar-refractivity contribution is 5.97. The number of likely N-dealkylation sites (tertiary alicyclic amines) is 1. The summed E-state index contributed by atoms with van der Waals surface area (Å²) in [6.45, 7) is 2.40. The summed E-state index contributed by atoms with van der Waals surface area (Å²) >= 11 is 0. The molecule has 0 aromatic carbocycles. The minimum absolute atomic E-state index is 0.297. The predicted octanol–water partition coefficient (Wildman–Crippen LogP) is 0.417. The van der Waals surface area contributed by atoms with Crippen LogP contribution in [0.25, 0.3) is 0 Å². The highest BCUT2D eigenvalue weighted by Crippen LogP contribution is 2.19. The summed E-state index contributed by atoms with van der Waals surface area (Å²) in [7, 11) is 0. The van der Waals surface area contributed by atoms with Gasteiger partial charge in [0, 0.05) is 23.9 Å². The first-order chi connectivity index (χ1) is 9.52. The monoisotopic (exact) mass is 277 g/mol. The van der Waals surface area contributed by atoms with Crippen molar-refractivity contribution in [1.82, 2.24) is 9.88 Å². The quantitative estimate of drug-likeness (QED) is 0.837. The lowest BCUT2D eigenvalue weighted by molar-refractivity contribution is -0.123. The summed E-state index contributed by atoms with van der Waals surface area (Å²) < 4.78 is 0. The van der Waals surface area contributed by atoms with Crippen LogP contribution in [-0.4, -0.2) is 34.3 Å². The van der Waals surface area contributed by atoms with Crippen LogP contribution in [0.3, 0.4) is 0 Å². The third-order valence-corrected chi connectivity index (χ3v) is 3.62. The van der Waals surface area contributed by atoms with Crippen molar-refractivity contribution in [1.29, 1.82) is 0 Å². The van der Waals surface area contributed by atoms with Gasteiger partial charge in [-0.15, -0.1) is 0 Å². The fourth-order valence-electron chi connectivity index (χ4n) is 2.55. The molecule has 0 aliphatic carbocycles. The number of aromatic nitrogens is 1. The zero-order valence-corrected chi connectivity index (χ0v) is 11.5. The number of carbonyl (C=O) groups excluding carboxylic acids is 2. The number of primary amides is 1. The van der Waals surface area contributed by atoms with Crippen molar-refractivity contribution >= 4 is 11.8 Å². The van der Waals surface area contributed by atoms with Gasteiger partial charge in [0.05, 0.1) is 0 Å². The summed E-state index contributed by atoms with van der Waals surface area (Å²) in [4.78, 5) is 39.7. The predicted molar refractivity (Wildman–Crippen MR) is 74.3 cm³/mol. The number of aromatic amines is 1. The van der Waals surface area contributed by atoms with Gasteiger partial charge < -0.3 is 15.6 Å². The molecule has 1 unspecified atom stereocenters. The molecule has 0 spiro atoms. The average molecular weight is 277 g/mol. The van der Waals surface area contributed by atoms with Crippen LogP contribution in [0.5, 0.6) is 0 Å². The molecule has 1 fully saturated rings. The Kier molecular flexibility index (Phi) is 4.22. The van der Waals surface area contributed by atoms with Crippen LogP contribution < -0.4 is 11.3 Å². The Balaban J connectivity index is 2.31. The van der Waals surface area contributed by atoms with E-state index in [1.165, 1.54) is 11.0 Å². The first-order valence-electron chi connectivity index (χ1n) is 6.86. The lowest BCUT2D eigenvalue weighted by atomic mass is 10.0. The second-order valence-electron chi connectivity index (χ2n) is 5.02. The minimum atomic E-state index is -0.569. The maximum absolute atomic E-state index is 12.5. The van der Waals surface area contributed by atoms with Gasteiger partial charge in [-0.25, -0.2) is 0 Å². The van der Waals surface area contributed by atoms with Crippen molar-refractivity contribution in [3.63, 3.8) is 0 Å². The van der Waals surface area contributed by atoms with Crippen LogP contribution in [-0.2, 0) is 11.2 Å². The standard InChI is InChI=1S/C14H19N3O3/c1-2-10-7-9(8-12(18)16-10)14(20)17-6-4-3-5-11(17)13(15)19/h7-8,11H,2-6H2,1H3,(H2,15,19)(H,16,18). The zero-order chi connectivity index (χ0) is 14.7. The third kappa shape index (κ3) is 2.89. The van der Waals surface area contributed by atoms with Gasteiger partial charge in [-0.3, -0.25) is 14.4 Å². The SMILES string of the molecule is CCc1cc(C(=O)N2CCCCC2C(N)=O)cc(=O)[nH]1. The number of H-pyrrole nitrogens is 1. The Hall–Kier alpha value is -2.11. The zero-order valence-electron chi connectivity index (χ0n) is 11.5. The van der Waals surface area contributed by atoms with Crippen molar-refractivity contribution in [3.8, 4) is 0 Å². The number of nitrogens with zero attached hydrogens (tertiary/aromatic N) is 1. The maximum atomic E-state index is 12.5. The number of amides is 2. The van der Waals surface area contributed by atoms with Gasteiger partial charge in [0.1, 0.15) is 6.04 Å². The molecule has 20 heavy (non-hydrogen) atoms.